The van der Waals surface area contributed by atoms with Gasteiger partial charge in [-0.25, -0.2) is 4.79 Å². The fourth-order valence-corrected chi connectivity index (χ4v) is 3.16. The molecule has 27 heavy (non-hydrogen) atoms. The first kappa shape index (κ1) is 20.7. The van der Waals surface area contributed by atoms with Crippen molar-refractivity contribution in [3.63, 3.8) is 0 Å². The number of nitro groups is 1. The number of nitrogens with zero attached hydrogens (tertiary/aromatic N) is 3. The van der Waals surface area contributed by atoms with Gasteiger partial charge in [-0.3, -0.25) is 14.9 Å². The predicted octanol–water partition coefficient (Wildman–Crippen LogP) is 3.09. The number of benzene rings is 1. The Kier molecular flexibility index (Phi) is 7.57. The zero-order valence-electron chi connectivity index (χ0n) is 16.0. The van der Waals surface area contributed by atoms with E-state index in [4.69, 9.17) is 0 Å². The van der Waals surface area contributed by atoms with Gasteiger partial charge in [-0.15, -0.1) is 0 Å². The summed E-state index contributed by atoms with van der Waals surface area (Å²) in [5.74, 6) is 0.204. The maximum absolute atomic E-state index is 12.3. The number of carbonyl (C=O) groups excluding carboxylic acids is 2. The molecule has 8 heteroatoms. The molecule has 1 aliphatic rings. The molecule has 0 radical (unpaired) electrons. The van der Waals surface area contributed by atoms with Gasteiger partial charge < -0.3 is 15.1 Å². The van der Waals surface area contributed by atoms with E-state index >= 15 is 0 Å². The van der Waals surface area contributed by atoms with Crippen molar-refractivity contribution in [2.75, 3.05) is 26.7 Å². The van der Waals surface area contributed by atoms with Gasteiger partial charge in [0.1, 0.15) is 0 Å². The molecule has 1 atom stereocenters. The molecule has 1 heterocycles. The van der Waals surface area contributed by atoms with E-state index in [0.717, 1.165) is 25.8 Å². The zero-order chi connectivity index (χ0) is 19.8. The number of rotatable bonds is 7. The Hall–Kier alpha value is -2.64. The quantitative estimate of drug-likeness (QED) is 0.449. The largest absolute Gasteiger partial charge is 0.343 e. The average Bonchev–Trinajstić information content (AvgIpc) is 2.88. The fraction of sp³-hybridized carbons (Fsp3) is 0.579. The number of nitrogens with one attached hydrogen (secondary N) is 1. The number of carbonyl (C=O) groups is 2. The molecule has 1 saturated heterocycles. The summed E-state index contributed by atoms with van der Waals surface area (Å²) in [5, 5.41) is 13.8. The van der Waals surface area contributed by atoms with Crippen LogP contribution in [0.3, 0.4) is 0 Å². The summed E-state index contributed by atoms with van der Waals surface area (Å²) in [7, 11) is 1.66. The predicted molar refractivity (Wildman–Crippen MR) is 102 cm³/mol. The molecule has 8 nitrogen and oxygen atoms in total. The standard InChI is InChI=1S/C19H28N4O4/c1-15(16-8-6-9-17(14-16)23(26)27)21(2)19(25)20-11-7-13-22-12-5-3-4-10-18(22)24/h6,8-9,14-15H,3-5,7,10-13H2,1-2H3,(H,20,25). The lowest BCUT2D eigenvalue weighted by Crippen LogP contribution is -2.40. The van der Waals surface area contributed by atoms with E-state index in [0.29, 0.717) is 31.5 Å². The minimum absolute atomic E-state index is 0.00951. The van der Waals surface area contributed by atoms with Crippen LogP contribution in [0, 0.1) is 10.1 Å². The first-order valence-electron chi connectivity index (χ1n) is 9.43. The summed E-state index contributed by atoms with van der Waals surface area (Å²) in [6.45, 7) is 3.77. The second kappa shape index (κ2) is 9.89. The summed E-state index contributed by atoms with van der Waals surface area (Å²) in [4.78, 5) is 38.2. The van der Waals surface area contributed by atoms with Gasteiger partial charge in [-0.05, 0) is 31.7 Å². The summed E-state index contributed by atoms with van der Waals surface area (Å²) < 4.78 is 0. The fourth-order valence-electron chi connectivity index (χ4n) is 3.16. The molecular weight excluding hydrogens is 348 g/mol. The molecule has 1 aromatic carbocycles. The van der Waals surface area contributed by atoms with Crippen molar-refractivity contribution >= 4 is 17.6 Å². The van der Waals surface area contributed by atoms with Crippen LogP contribution in [0.25, 0.3) is 0 Å². The maximum Gasteiger partial charge on any atom is 0.317 e. The van der Waals surface area contributed by atoms with Gasteiger partial charge >= 0.3 is 6.03 Å². The van der Waals surface area contributed by atoms with Gasteiger partial charge in [0, 0.05) is 45.2 Å². The number of hydrogen-bond donors (Lipinski definition) is 1. The number of likely N-dealkylation sites (tertiary alicyclic amines) is 1. The molecule has 1 unspecified atom stereocenters. The van der Waals surface area contributed by atoms with E-state index in [1.807, 2.05) is 11.8 Å². The topological polar surface area (TPSA) is 95.8 Å². The molecule has 0 bridgehead atoms. The Balaban J connectivity index is 1.80. The van der Waals surface area contributed by atoms with Crippen LogP contribution in [0.5, 0.6) is 0 Å². The summed E-state index contributed by atoms with van der Waals surface area (Å²) in [6, 6.07) is 5.77. The van der Waals surface area contributed by atoms with Gasteiger partial charge in [0.25, 0.3) is 5.69 Å². The normalized spacial score (nSPS) is 15.8. The van der Waals surface area contributed by atoms with Crippen molar-refractivity contribution in [3.8, 4) is 0 Å². The summed E-state index contributed by atoms with van der Waals surface area (Å²) >= 11 is 0. The van der Waals surface area contributed by atoms with Gasteiger partial charge in [0.15, 0.2) is 0 Å². The van der Waals surface area contributed by atoms with Crippen molar-refractivity contribution in [1.82, 2.24) is 15.1 Å². The Morgan fingerprint density at radius 1 is 1.37 bits per heavy atom. The van der Waals surface area contributed by atoms with Crippen LogP contribution in [0.15, 0.2) is 24.3 Å². The van der Waals surface area contributed by atoms with Crippen LogP contribution in [-0.4, -0.2) is 53.3 Å². The molecule has 2 rings (SSSR count). The molecule has 0 spiro atoms. The smallest absolute Gasteiger partial charge is 0.317 e. The van der Waals surface area contributed by atoms with Crippen molar-refractivity contribution < 1.29 is 14.5 Å². The van der Waals surface area contributed by atoms with E-state index in [1.165, 1.54) is 17.0 Å². The average molecular weight is 376 g/mol. The Labute approximate surface area is 159 Å². The van der Waals surface area contributed by atoms with Gasteiger partial charge in [-0.2, -0.15) is 0 Å². The number of non-ortho nitro benzene ring substituents is 1. The van der Waals surface area contributed by atoms with E-state index < -0.39 is 4.92 Å². The second-order valence-corrected chi connectivity index (χ2v) is 6.92. The van der Waals surface area contributed by atoms with Crippen LogP contribution >= 0.6 is 0 Å². The molecule has 1 aromatic rings. The van der Waals surface area contributed by atoms with Gasteiger partial charge in [0.2, 0.25) is 5.91 Å². The van der Waals surface area contributed by atoms with Crippen LogP contribution in [-0.2, 0) is 4.79 Å². The monoisotopic (exact) mass is 376 g/mol. The molecule has 1 N–H and O–H groups in total. The first-order chi connectivity index (χ1) is 12.9. The minimum Gasteiger partial charge on any atom is -0.343 e. The number of hydrogen-bond acceptors (Lipinski definition) is 4. The maximum atomic E-state index is 12.3. The van der Waals surface area contributed by atoms with E-state index in [1.54, 1.807) is 19.2 Å². The molecule has 0 aromatic heterocycles. The third kappa shape index (κ3) is 5.94. The number of amides is 3. The SMILES string of the molecule is CC(c1cccc([N+](=O)[O-])c1)N(C)C(=O)NCCCN1CCCCCC1=O. The lowest BCUT2D eigenvalue weighted by atomic mass is 10.1. The van der Waals surface area contributed by atoms with Crippen molar-refractivity contribution in [3.05, 3.63) is 39.9 Å². The van der Waals surface area contributed by atoms with Crippen molar-refractivity contribution in [2.45, 2.75) is 45.1 Å². The van der Waals surface area contributed by atoms with Crippen LogP contribution < -0.4 is 5.32 Å². The Bertz CT molecular complexity index is 679. The third-order valence-electron chi connectivity index (χ3n) is 5.02. The number of urea groups is 1. The van der Waals surface area contributed by atoms with Crippen LogP contribution in [0.1, 0.15) is 50.6 Å². The molecule has 1 aliphatic heterocycles. The minimum atomic E-state index is -0.444. The van der Waals surface area contributed by atoms with Crippen molar-refractivity contribution in [1.29, 1.82) is 0 Å². The highest BCUT2D eigenvalue weighted by Gasteiger charge is 2.20. The summed E-state index contributed by atoms with van der Waals surface area (Å²) in [5.41, 5.74) is 0.715. The van der Waals surface area contributed by atoms with E-state index in [9.17, 15) is 19.7 Å². The Morgan fingerprint density at radius 3 is 2.89 bits per heavy atom. The Morgan fingerprint density at radius 2 is 2.15 bits per heavy atom. The van der Waals surface area contributed by atoms with E-state index in [-0.39, 0.29) is 23.7 Å². The lowest BCUT2D eigenvalue weighted by Gasteiger charge is -2.26. The highest BCUT2D eigenvalue weighted by atomic mass is 16.6. The zero-order valence-corrected chi connectivity index (χ0v) is 16.0. The first-order valence-corrected chi connectivity index (χ1v) is 9.43. The molecular formula is C19H28N4O4. The summed E-state index contributed by atoms with van der Waals surface area (Å²) in [6.07, 6.45) is 4.43. The highest BCUT2D eigenvalue weighted by Crippen LogP contribution is 2.23. The third-order valence-corrected chi connectivity index (χ3v) is 5.02. The van der Waals surface area contributed by atoms with Crippen LogP contribution in [0.2, 0.25) is 0 Å². The van der Waals surface area contributed by atoms with Crippen LogP contribution in [0.4, 0.5) is 10.5 Å². The molecule has 0 saturated carbocycles. The second-order valence-electron chi connectivity index (χ2n) is 6.92. The highest BCUT2D eigenvalue weighted by molar-refractivity contribution is 5.76. The molecule has 3 amide bonds. The van der Waals surface area contributed by atoms with Gasteiger partial charge in [0.05, 0.1) is 11.0 Å². The molecule has 148 valence electrons. The lowest BCUT2D eigenvalue weighted by molar-refractivity contribution is -0.384. The van der Waals surface area contributed by atoms with Gasteiger partial charge in [-0.1, -0.05) is 18.6 Å². The number of nitro benzene ring substituents is 1. The van der Waals surface area contributed by atoms with E-state index in [2.05, 4.69) is 5.32 Å². The molecule has 1 fully saturated rings. The molecule has 0 aliphatic carbocycles. The van der Waals surface area contributed by atoms with Crippen molar-refractivity contribution in [2.24, 2.45) is 0 Å².